The van der Waals surface area contributed by atoms with Crippen LogP contribution >= 0.6 is 0 Å². The molecule has 0 spiro atoms. The highest BCUT2D eigenvalue weighted by Crippen LogP contribution is 2.16. The van der Waals surface area contributed by atoms with E-state index in [0.717, 1.165) is 16.5 Å². The summed E-state index contributed by atoms with van der Waals surface area (Å²) in [6.07, 6.45) is 0. The lowest BCUT2D eigenvalue weighted by atomic mass is 10.1. The summed E-state index contributed by atoms with van der Waals surface area (Å²) in [5, 5.41) is 1.07. The third-order valence-electron chi connectivity index (χ3n) is 2.52. The molecule has 0 unspecified atom stereocenters. The number of aryl methyl sites for hydroxylation is 1. The van der Waals surface area contributed by atoms with Crippen molar-refractivity contribution in [1.29, 1.82) is 0 Å². The van der Waals surface area contributed by atoms with Gasteiger partial charge in [-0.25, -0.2) is 4.98 Å². The second-order valence-electron chi connectivity index (χ2n) is 4.05. The second-order valence-corrected chi connectivity index (χ2v) is 4.05. The average molecular weight is 214 g/mol. The van der Waals surface area contributed by atoms with E-state index in [1.807, 2.05) is 37.3 Å². The van der Waals surface area contributed by atoms with Gasteiger partial charge in [-0.15, -0.1) is 0 Å². The molecular formula is C13H14N2O. The number of nitrogens with zero attached hydrogens (tertiary/aromatic N) is 2. The van der Waals surface area contributed by atoms with Crippen LogP contribution in [0.25, 0.3) is 10.9 Å². The lowest BCUT2D eigenvalue weighted by molar-refractivity contribution is 0.0821. The van der Waals surface area contributed by atoms with Crippen LogP contribution in [0.4, 0.5) is 0 Å². The summed E-state index contributed by atoms with van der Waals surface area (Å²) in [5.41, 5.74) is 2.31. The van der Waals surface area contributed by atoms with Crippen molar-refractivity contribution in [2.24, 2.45) is 0 Å². The molecule has 0 aliphatic rings. The molecular weight excluding hydrogens is 200 g/mol. The van der Waals surface area contributed by atoms with Crippen LogP contribution in [-0.4, -0.2) is 29.9 Å². The Morgan fingerprint density at radius 2 is 1.94 bits per heavy atom. The van der Waals surface area contributed by atoms with E-state index >= 15 is 0 Å². The predicted molar refractivity (Wildman–Crippen MR) is 64.5 cm³/mol. The molecule has 0 atom stereocenters. The number of carbonyl (C=O) groups excluding carboxylic acids is 1. The predicted octanol–water partition coefficient (Wildman–Crippen LogP) is 2.25. The largest absolute Gasteiger partial charge is 0.343 e. The maximum Gasteiger partial charge on any atom is 0.272 e. The molecule has 1 heterocycles. The summed E-state index contributed by atoms with van der Waals surface area (Å²) in [5.74, 6) is -0.0525. The molecule has 3 heteroatoms. The van der Waals surface area contributed by atoms with Crippen molar-refractivity contribution >= 4 is 16.8 Å². The quantitative estimate of drug-likeness (QED) is 0.729. The number of aromatic nitrogens is 1. The average Bonchev–Trinajstić information content (AvgIpc) is 2.27. The molecule has 0 saturated carbocycles. The van der Waals surface area contributed by atoms with Gasteiger partial charge in [0.05, 0.1) is 5.52 Å². The molecule has 0 radical (unpaired) electrons. The number of para-hydroxylation sites is 1. The minimum Gasteiger partial charge on any atom is -0.343 e. The van der Waals surface area contributed by atoms with Gasteiger partial charge in [-0.3, -0.25) is 4.79 Å². The highest BCUT2D eigenvalue weighted by Gasteiger charge is 2.13. The molecule has 0 fully saturated rings. The standard InChI is InChI=1S/C13H14N2O/c1-9-8-10-6-4-5-7-11(10)14-12(9)13(16)15(2)3/h4-8H,1-3H3. The molecule has 1 aromatic carbocycles. The molecule has 2 rings (SSSR count). The molecule has 0 aliphatic carbocycles. The monoisotopic (exact) mass is 214 g/mol. The molecule has 82 valence electrons. The number of pyridine rings is 1. The smallest absolute Gasteiger partial charge is 0.272 e. The SMILES string of the molecule is Cc1cc2ccccc2nc1C(=O)N(C)C. The third kappa shape index (κ3) is 1.76. The lowest BCUT2D eigenvalue weighted by Crippen LogP contribution is -2.23. The van der Waals surface area contributed by atoms with Gasteiger partial charge in [-0.2, -0.15) is 0 Å². The Labute approximate surface area is 94.7 Å². The second kappa shape index (κ2) is 3.93. The maximum absolute atomic E-state index is 11.9. The fourth-order valence-electron chi connectivity index (χ4n) is 1.65. The van der Waals surface area contributed by atoms with Crippen LogP contribution in [0, 0.1) is 6.92 Å². The number of hydrogen-bond donors (Lipinski definition) is 0. The Kier molecular flexibility index (Phi) is 2.60. The first-order valence-corrected chi connectivity index (χ1v) is 5.17. The van der Waals surface area contributed by atoms with Gasteiger partial charge in [0.25, 0.3) is 5.91 Å². The van der Waals surface area contributed by atoms with Gasteiger partial charge in [-0.05, 0) is 24.6 Å². The number of carbonyl (C=O) groups is 1. The van der Waals surface area contributed by atoms with Crippen molar-refractivity contribution in [2.75, 3.05) is 14.1 Å². The first-order valence-electron chi connectivity index (χ1n) is 5.17. The Morgan fingerprint density at radius 1 is 1.25 bits per heavy atom. The van der Waals surface area contributed by atoms with Gasteiger partial charge in [-0.1, -0.05) is 18.2 Å². The van der Waals surface area contributed by atoms with Gasteiger partial charge >= 0.3 is 0 Å². The Morgan fingerprint density at radius 3 is 2.62 bits per heavy atom. The van der Waals surface area contributed by atoms with E-state index in [2.05, 4.69) is 4.98 Å². The molecule has 16 heavy (non-hydrogen) atoms. The van der Waals surface area contributed by atoms with E-state index in [0.29, 0.717) is 5.69 Å². The number of rotatable bonds is 1. The topological polar surface area (TPSA) is 33.2 Å². The van der Waals surface area contributed by atoms with Gasteiger partial charge in [0.15, 0.2) is 0 Å². The molecule has 0 N–H and O–H groups in total. The van der Waals surface area contributed by atoms with Crippen LogP contribution in [0.15, 0.2) is 30.3 Å². The fourth-order valence-corrected chi connectivity index (χ4v) is 1.65. The molecule has 3 nitrogen and oxygen atoms in total. The van der Waals surface area contributed by atoms with E-state index in [1.165, 1.54) is 0 Å². The normalized spacial score (nSPS) is 10.4. The van der Waals surface area contributed by atoms with E-state index in [1.54, 1.807) is 19.0 Å². The Bertz CT molecular complexity index is 547. The maximum atomic E-state index is 11.9. The summed E-state index contributed by atoms with van der Waals surface area (Å²) in [6.45, 7) is 1.91. The van der Waals surface area contributed by atoms with Crippen LogP contribution in [0.5, 0.6) is 0 Å². The van der Waals surface area contributed by atoms with Crippen molar-refractivity contribution in [3.8, 4) is 0 Å². The molecule has 0 aliphatic heterocycles. The Hall–Kier alpha value is -1.90. The summed E-state index contributed by atoms with van der Waals surface area (Å²) < 4.78 is 0. The molecule has 1 amide bonds. The molecule has 1 aromatic heterocycles. The van der Waals surface area contributed by atoms with Gasteiger partial charge < -0.3 is 4.90 Å². The first kappa shape index (κ1) is 10.6. The summed E-state index contributed by atoms with van der Waals surface area (Å²) in [4.78, 5) is 17.8. The van der Waals surface area contributed by atoms with Gasteiger partial charge in [0.1, 0.15) is 5.69 Å². The molecule has 2 aromatic rings. The lowest BCUT2D eigenvalue weighted by Gasteiger charge is -2.12. The van der Waals surface area contributed by atoms with Crippen LogP contribution in [-0.2, 0) is 0 Å². The number of amides is 1. The van der Waals surface area contributed by atoms with Crippen LogP contribution in [0.3, 0.4) is 0 Å². The molecule has 0 saturated heterocycles. The number of hydrogen-bond acceptors (Lipinski definition) is 2. The zero-order valence-electron chi connectivity index (χ0n) is 9.69. The fraction of sp³-hybridized carbons (Fsp3) is 0.231. The zero-order chi connectivity index (χ0) is 11.7. The summed E-state index contributed by atoms with van der Waals surface area (Å²) in [7, 11) is 3.47. The van der Waals surface area contributed by atoms with E-state index < -0.39 is 0 Å². The van der Waals surface area contributed by atoms with Crippen molar-refractivity contribution in [3.63, 3.8) is 0 Å². The minimum absolute atomic E-state index is 0.0525. The number of fused-ring (bicyclic) bond motifs is 1. The van der Waals surface area contributed by atoms with Crippen molar-refractivity contribution in [2.45, 2.75) is 6.92 Å². The number of benzene rings is 1. The highest BCUT2D eigenvalue weighted by molar-refractivity contribution is 5.96. The van der Waals surface area contributed by atoms with E-state index in [9.17, 15) is 4.79 Å². The van der Waals surface area contributed by atoms with Crippen molar-refractivity contribution in [3.05, 3.63) is 41.6 Å². The summed E-state index contributed by atoms with van der Waals surface area (Å²) >= 11 is 0. The molecule has 0 bridgehead atoms. The van der Waals surface area contributed by atoms with Crippen LogP contribution in [0.1, 0.15) is 16.1 Å². The van der Waals surface area contributed by atoms with Gasteiger partial charge in [0, 0.05) is 19.5 Å². The van der Waals surface area contributed by atoms with Crippen molar-refractivity contribution < 1.29 is 4.79 Å². The Balaban J connectivity index is 2.63. The van der Waals surface area contributed by atoms with Crippen LogP contribution < -0.4 is 0 Å². The van der Waals surface area contributed by atoms with E-state index in [4.69, 9.17) is 0 Å². The zero-order valence-corrected chi connectivity index (χ0v) is 9.69. The third-order valence-corrected chi connectivity index (χ3v) is 2.52. The van der Waals surface area contributed by atoms with Crippen LogP contribution in [0.2, 0.25) is 0 Å². The first-order chi connectivity index (χ1) is 7.59. The highest BCUT2D eigenvalue weighted by atomic mass is 16.2. The summed E-state index contributed by atoms with van der Waals surface area (Å²) in [6, 6.07) is 9.81. The van der Waals surface area contributed by atoms with Crippen molar-refractivity contribution in [1.82, 2.24) is 9.88 Å². The van der Waals surface area contributed by atoms with E-state index in [-0.39, 0.29) is 5.91 Å². The van der Waals surface area contributed by atoms with Gasteiger partial charge in [0.2, 0.25) is 0 Å². The minimum atomic E-state index is -0.0525.